The van der Waals surface area contributed by atoms with Crippen LogP contribution in [0.25, 0.3) is 0 Å². The van der Waals surface area contributed by atoms with E-state index in [-0.39, 0.29) is 24.1 Å². The van der Waals surface area contributed by atoms with Crippen LogP contribution < -0.4 is 10.0 Å². The molecule has 0 aromatic heterocycles. The van der Waals surface area contributed by atoms with Gasteiger partial charge in [-0.1, -0.05) is 26.0 Å². The number of rotatable bonds is 8. The zero-order chi connectivity index (χ0) is 18.3. The highest BCUT2D eigenvalue weighted by molar-refractivity contribution is 7.89. The molecular formula is C17H28N2O4S. The van der Waals surface area contributed by atoms with Gasteiger partial charge in [0.25, 0.3) is 0 Å². The van der Waals surface area contributed by atoms with Gasteiger partial charge in [-0.2, -0.15) is 0 Å². The van der Waals surface area contributed by atoms with Gasteiger partial charge in [0.2, 0.25) is 10.0 Å². The van der Waals surface area contributed by atoms with Crippen LogP contribution >= 0.6 is 0 Å². The first kappa shape index (κ1) is 20.4. The van der Waals surface area contributed by atoms with Crippen molar-refractivity contribution in [3.8, 4) is 0 Å². The number of carbonyl (C=O) groups excluding carboxylic acids is 1. The molecule has 7 heteroatoms. The highest BCUT2D eigenvalue weighted by Gasteiger charge is 2.21. The van der Waals surface area contributed by atoms with Crippen molar-refractivity contribution in [2.24, 2.45) is 5.92 Å². The molecule has 0 heterocycles. The van der Waals surface area contributed by atoms with Gasteiger partial charge in [-0.15, -0.1) is 0 Å². The van der Waals surface area contributed by atoms with E-state index in [2.05, 4.69) is 10.0 Å². The van der Waals surface area contributed by atoms with Gasteiger partial charge in [0.05, 0.1) is 11.5 Å². The van der Waals surface area contributed by atoms with Crippen molar-refractivity contribution in [2.75, 3.05) is 13.2 Å². The molecule has 0 fully saturated rings. The number of hydrogen-bond acceptors (Lipinski definition) is 4. The lowest BCUT2D eigenvalue weighted by Crippen LogP contribution is -2.44. The maximum absolute atomic E-state index is 12.6. The minimum atomic E-state index is -3.63. The molecule has 136 valence electrons. The van der Waals surface area contributed by atoms with Crippen LogP contribution in [0, 0.1) is 19.8 Å². The van der Waals surface area contributed by atoms with E-state index >= 15 is 0 Å². The van der Waals surface area contributed by atoms with Crippen LogP contribution in [-0.4, -0.2) is 33.7 Å². The second kappa shape index (κ2) is 9.03. The lowest BCUT2D eigenvalue weighted by atomic mass is 10.0. The van der Waals surface area contributed by atoms with Gasteiger partial charge in [-0.05, 0) is 50.3 Å². The Bertz CT molecular complexity index is 657. The molecule has 1 aromatic rings. The number of nitrogens with one attached hydrogen (secondary N) is 2. The van der Waals surface area contributed by atoms with E-state index in [1.807, 2.05) is 26.8 Å². The Morgan fingerprint density at radius 3 is 2.50 bits per heavy atom. The van der Waals surface area contributed by atoms with Gasteiger partial charge in [0.1, 0.15) is 0 Å². The van der Waals surface area contributed by atoms with Gasteiger partial charge in [-0.3, -0.25) is 0 Å². The standard InChI is InChI=1S/C17H28N2O4S/c1-6-23-17(20)19-15(9-12(2)3)11-18-24(21,22)16-10-13(4)7-8-14(16)5/h7-8,10,12,15,18H,6,9,11H2,1-5H3,(H,19,20). The zero-order valence-corrected chi connectivity index (χ0v) is 15.9. The predicted octanol–water partition coefficient (Wildman–Crippen LogP) is 2.74. The molecule has 1 atom stereocenters. The van der Waals surface area contributed by atoms with Gasteiger partial charge >= 0.3 is 6.09 Å². The van der Waals surface area contributed by atoms with Crippen LogP contribution in [0.4, 0.5) is 4.79 Å². The molecule has 0 bridgehead atoms. The minimum absolute atomic E-state index is 0.118. The molecule has 0 aliphatic rings. The summed E-state index contributed by atoms with van der Waals surface area (Å²) in [5, 5.41) is 2.71. The topological polar surface area (TPSA) is 84.5 Å². The first-order valence-corrected chi connectivity index (χ1v) is 9.64. The van der Waals surface area contributed by atoms with Crippen molar-refractivity contribution in [2.45, 2.75) is 52.0 Å². The molecule has 6 nitrogen and oxygen atoms in total. The van der Waals surface area contributed by atoms with E-state index in [9.17, 15) is 13.2 Å². The van der Waals surface area contributed by atoms with Crippen molar-refractivity contribution < 1.29 is 17.9 Å². The molecule has 1 rings (SSSR count). The van der Waals surface area contributed by atoms with Crippen LogP contribution in [0.5, 0.6) is 0 Å². The lowest BCUT2D eigenvalue weighted by Gasteiger charge is -2.21. The smallest absolute Gasteiger partial charge is 0.407 e. The first-order chi connectivity index (χ1) is 11.2. The number of benzene rings is 1. The molecule has 0 radical (unpaired) electrons. The number of carbonyl (C=O) groups is 1. The van der Waals surface area contributed by atoms with Crippen molar-refractivity contribution in [3.63, 3.8) is 0 Å². The molecule has 2 N–H and O–H groups in total. The fraction of sp³-hybridized carbons (Fsp3) is 0.588. The quantitative estimate of drug-likeness (QED) is 0.750. The number of amides is 1. The van der Waals surface area contributed by atoms with Crippen molar-refractivity contribution >= 4 is 16.1 Å². The normalized spacial score (nSPS) is 12.9. The summed E-state index contributed by atoms with van der Waals surface area (Å²) in [5.74, 6) is 0.308. The van der Waals surface area contributed by atoms with Crippen LogP contribution in [0.1, 0.15) is 38.3 Å². The molecule has 0 aliphatic heterocycles. The highest BCUT2D eigenvalue weighted by atomic mass is 32.2. The van der Waals surface area contributed by atoms with Crippen LogP contribution in [0.3, 0.4) is 0 Å². The second-order valence-corrected chi connectivity index (χ2v) is 8.05. The number of sulfonamides is 1. The summed E-state index contributed by atoms with van der Waals surface area (Å²) in [6, 6.07) is 4.97. The first-order valence-electron chi connectivity index (χ1n) is 8.16. The van der Waals surface area contributed by atoms with Gasteiger partial charge < -0.3 is 10.1 Å². The highest BCUT2D eigenvalue weighted by Crippen LogP contribution is 2.16. The Kier molecular flexibility index (Phi) is 7.69. The SMILES string of the molecule is CCOC(=O)NC(CNS(=O)(=O)c1cc(C)ccc1C)CC(C)C. The van der Waals surface area contributed by atoms with Gasteiger partial charge in [-0.25, -0.2) is 17.9 Å². The molecule has 1 unspecified atom stereocenters. The fourth-order valence-electron chi connectivity index (χ4n) is 2.39. The zero-order valence-electron chi connectivity index (χ0n) is 15.0. The Labute approximate surface area is 145 Å². The number of ether oxygens (including phenoxy) is 1. The van der Waals surface area contributed by atoms with Crippen LogP contribution in [0.15, 0.2) is 23.1 Å². The summed E-state index contributed by atoms with van der Waals surface area (Å²) in [6.07, 6.45) is 0.114. The maximum Gasteiger partial charge on any atom is 0.407 e. The lowest BCUT2D eigenvalue weighted by molar-refractivity contribution is 0.146. The number of hydrogen-bond donors (Lipinski definition) is 2. The second-order valence-electron chi connectivity index (χ2n) is 6.31. The van der Waals surface area contributed by atoms with E-state index in [0.717, 1.165) is 5.56 Å². The molecule has 1 aromatic carbocycles. The van der Waals surface area contributed by atoms with Gasteiger partial charge in [0.15, 0.2) is 0 Å². The van der Waals surface area contributed by atoms with Crippen molar-refractivity contribution in [1.29, 1.82) is 0 Å². The average Bonchev–Trinajstić information content (AvgIpc) is 2.47. The van der Waals surface area contributed by atoms with E-state index in [1.54, 1.807) is 26.0 Å². The Balaban J connectivity index is 2.83. The van der Waals surface area contributed by atoms with Crippen molar-refractivity contribution in [3.05, 3.63) is 29.3 Å². The summed E-state index contributed by atoms with van der Waals surface area (Å²) in [6.45, 7) is 9.75. The molecule has 0 saturated heterocycles. The van der Waals surface area contributed by atoms with Crippen LogP contribution in [0.2, 0.25) is 0 Å². The average molecular weight is 356 g/mol. The Morgan fingerprint density at radius 1 is 1.25 bits per heavy atom. The predicted molar refractivity (Wildman–Crippen MR) is 94.5 cm³/mol. The fourth-order valence-corrected chi connectivity index (χ4v) is 3.80. The molecule has 0 aliphatic carbocycles. The summed E-state index contributed by atoms with van der Waals surface area (Å²) < 4.78 is 32.6. The molecule has 1 amide bonds. The monoisotopic (exact) mass is 356 g/mol. The van der Waals surface area contributed by atoms with Crippen molar-refractivity contribution in [1.82, 2.24) is 10.0 Å². The molecule has 24 heavy (non-hydrogen) atoms. The summed E-state index contributed by atoms with van der Waals surface area (Å²) >= 11 is 0. The largest absolute Gasteiger partial charge is 0.450 e. The molecular weight excluding hydrogens is 328 g/mol. The van der Waals surface area contributed by atoms with E-state index < -0.39 is 16.1 Å². The summed E-state index contributed by atoms with van der Waals surface area (Å²) in [7, 11) is -3.63. The summed E-state index contributed by atoms with van der Waals surface area (Å²) in [5.41, 5.74) is 1.57. The van der Waals surface area contributed by atoms with E-state index in [4.69, 9.17) is 4.74 Å². The maximum atomic E-state index is 12.6. The van der Waals surface area contributed by atoms with E-state index in [1.165, 1.54) is 0 Å². The van der Waals surface area contributed by atoms with Gasteiger partial charge in [0, 0.05) is 12.6 Å². The third-order valence-electron chi connectivity index (χ3n) is 3.51. The third-order valence-corrected chi connectivity index (χ3v) is 5.07. The van der Waals surface area contributed by atoms with E-state index in [0.29, 0.717) is 17.9 Å². The molecule has 0 saturated carbocycles. The Hall–Kier alpha value is -1.60. The third kappa shape index (κ3) is 6.49. The summed E-state index contributed by atoms with van der Waals surface area (Å²) in [4.78, 5) is 11.9. The number of aryl methyl sites for hydroxylation is 2. The number of alkyl carbamates (subject to hydrolysis) is 1. The Morgan fingerprint density at radius 2 is 1.92 bits per heavy atom. The minimum Gasteiger partial charge on any atom is -0.450 e. The molecule has 0 spiro atoms. The van der Waals surface area contributed by atoms with Crippen LogP contribution in [-0.2, 0) is 14.8 Å².